The van der Waals surface area contributed by atoms with Crippen LogP contribution in [-0.4, -0.2) is 9.78 Å². The maximum atomic E-state index is 6.15. The third kappa shape index (κ3) is 1.94. The Morgan fingerprint density at radius 3 is 2.80 bits per heavy atom. The van der Waals surface area contributed by atoms with Crippen molar-refractivity contribution in [3.8, 4) is 11.3 Å². The van der Waals surface area contributed by atoms with Gasteiger partial charge in [-0.05, 0) is 28.9 Å². The molecule has 0 unspecified atom stereocenters. The minimum Gasteiger partial charge on any atom is -0.264 e. The third-order valence-electron chi connectivity index (χ3n) is 2.22. The van der Waals surface area contributed by atoms with E-state index in [1.54, 1.807) is 6.20 Å². The van der Waals surface area contributed by atoms with Crippen LogP contribution in [0.25, 0.3) is 11.3 Å². The van der Waals surface area contributed by atoms with Crippen LogP contribution in [-0.2, 0) is 6.54 Å². The van der Waals surface area contributed by atoms with E-state index in [0.717, 1.165) is 27.3 Å². The van der Waals surface area contributed by atoms with Gasteiger partial charge in [0.05, 0.1) is 16.4 Å². The first-order valence-electron chi connectivity index (χ1n) is 4.70. The van der Waals surface area contributed by atoms with E-state index in [1.807, 2.05) is 28.9 Å². The van der Waals surface area contributed by atoms with Crippen LogP contribution in [0.5, 0.6) is 0 Å². The first kappa shape index (κ1) is 10.7. The molecule has 0 spiro atoms. The molecular formula is C11H10BrClN2. The topological polar surface area (TPSA) is 17.8 Å². The summed E-state index contributed by atoms with van der Waals surface area (Å²) in [5.41, 5.74) is 2.04. The molecule has 0 saturated carbocycles. The standard InChI is InChI=1S/C11H10BrClN2/c1-2-15-11(9(12)7-14-15)8-5-3-4-6-10(8)13/h3-7H,2H2,1H3. The molecule has 0 fully saturated rings. The molecule has 0 aliphatic rings. The SMILES string of the molecule is CCn1ncc(Br)c1-c1ccccc1Cl. The number of nitrogens with zero attached hydrogens (tertiary/aromatic N) is 2. The van der Waals surface area contributed by atoms with E-state index in [0.29, 0.717) is 0 Å². The summed E-state index contributed by atoms with van der Waals surface area (Å²) in [6.45, 7) is 2.88. The van der Waals surface area contributed by atoms with Crippen LogP contribution in [0, 0.1) is 0 Å². The zero-order valence-corrected chi connectivity index (χ0v) is 10.6. The van der Waals surface area contributed by atoms with Gasteiger partial charge in [-0.25, -0.2) is 0 Å². The van der Waals surface area contributed by atoms with E-state index in [4.69, 9.17) is 11.6 Å². The first-order chi connectivity index (χ1) is 7.24. The minimum absolute atomic E-state index is 0.744. The summed E-state index contributed by atoms with van der Waals surface area (Å²) in [5.74, 6) is 0. The lowest BCUT2D eigenvalue weighted by molar-refractivity contribution is 0.667. The largest absolute Gasteiger partial charge is 0.264 e. The van der Waals surface area contributed by atoms with Gasteiger partial charge in [0.1, 0.15) is 0 Å². The van der Waals surface area contributed by atoms with Crippen LogP contribution in [0.1, 0.15) is 6.92 Å². The molecule has 0 saturated heterocycles. The number of benzene rings is 1. The second kappa shape index (κ2) is 4.37. The van der Waals surface area contributed by atoms with Crippen LogP contribution in [0.2, 0.25) is 5.02 Å². The van der Waals surface area contributed by atoms with E-state index >= 15 is 0 Å². The monoisotopic (exact) mass is 284 g/mol. The summed E-state index contributed by atoms with van der Waals surface area (Å²) in [6, 6.07) is 7.78. The van der Waals surface area contributed by atoms with Crippen LogP contribution in [0.4, 0.5) is 0 Å². The molecular weight excluding hydrogens is 275 g/mol. The highest BCUT2D eigenvalue weighted by molar-refractivity contribution is 9.10. The lowest BCUT2D eigenvalue weighted by Crippen LogP contribution is -1.99. The molecule has 0 N–H and O–H groups in total. The zero-order valence-electron chi connectivity index (χ0n) is 8.24. The molecule has 0 radical (unpaired) electrons. The number of hydrogen-bond donors (Lipinski definition) is 0. The molecule has 0 atom stereocenters. The summed E-state index contributed by atoms with van der Waals surface area (Å²) in [7, 11) is 0. The molecule has 4 heteroatoms. The van der Waals surface area contributed by atoms with Gasteiger partial charge in [0.25, 0.3) is 0 Å². The van der Waals surface area contributed by atoms with Crippen LogP contribution in [0.15, 0.2) is 34.9 Å². The van der Waals surface area contributed by atoms with Gasteiger partial charge in [-0.1, -0.05) is 29.8 Å². The number of aromatic nitrogens is 2. The Morgan fingerprint density at radius 1 is 1.40 bits per heavy atom. The van der Waals surface area contributed by atoms with Gasteiger partial charge in [-0.15, -0.1) is 0 Å². The molecule has 0 amide bonds. The van der Waals surface area contributed by atoms with E-state index in [2.05, 4.69) is 28.0 Å². The molecule has 1 aromatic heterocycles. The molecule has 78 valence electrons. The fourth-order valence-electron chi connectivity index (χ4n) is 1.52. The number of rotatable bonds is 2. The lowest BCUT2D eigenvalue weighted by atomic mass is 10.1. The molecule has 0 aliphatic carbocycles. The normalized spacial score (nSPS) is 10.6. The predicted molar refractivity (Wildman–Crippen MR) is 66.0 cm³/mol. The smallest absolute Gasteiger partial charge is 0.0839 e. The fourth-order valence-corrected chi connectivity index (χ4v) is 2.26. The highest BCUT2D eigenvalue weighted by Crippen LogP contribution is 2.32. The Bertz CT molecular complexity index is 479. The van der Waals surface area contributed by atoms with Crippen molar-refractivity contribution in [2.45, 2.75) is 13.5 Å². The van der Waals surface area contributed by atoms with Gasteiger partial charge in [-0.3, -0.25) is 4.68 Å². The maximum absolute atomic E-state index is 6.15. The first-order valence-corrected chi connectivity index (χ1v) is 5.87. The second-order valence-corrected chi connectivity index (χ2v) is 4.40. The van der Waals surface area contributed by atoms with Crippen molar-refractivity contribution in [2.24, 2.45) is 0 Å². The number of hydrogen-bond acceptors (Lipinski definition) is 1. The Morgan fingerprint density at radius 2 is 2.13 bits per heavy atom. The Kier molecular flexibility index (Phi) is 3.12. The summed E-state index contributed by atoms with van der Waals surface area (Å²) < 4.78 is 2.89. The van der Waals surface area contributed by atoms with Gasteiger partial charge < -0.3 is 0 Å². The Labute approximate surface area is 102 Å². The quantitative estimate of drug-likeness (QED) is 0.816. The van der Waals surface area contributed by atoms with E-state index < -0.39 is 0 Å². The predicted octanol–water partition coefficient (Wildman–Crippen LogP) is 3.99. The molecule has 15 heavy (non-hydrogen) atoms. The van der Waals surface area contributed by atoms with Gasteiger partial charge in [0, 0.05) is 17.1 Å². The van der Waals surface area contributed by atoms with E-state index in [9.17, 15) is 0 Å². The molecule has 0 bridgehead atoms. The average molecular weight is 286 g/mol. The summed E-state index contributed by atoms with van der Waals surface area (Å²) in [6.07, 6.45) is 1.79. The maximum Gasteiger partial charge on any atom is 0.0839 e. The van der Waals surface area contributed by atoms with Crippen molar-refractivity contribution >= 4 is 27.5 Å². The highest BCUT2D eigenvalue weighted by atomic mass is 79.9. The van der Waals surface area contributed by atoms with Crippen molar-refractivity contribution in [1.29, 1.82) is 0 Å². The van der Waals surface area contributed by atoms with Crippen LogP contribution >= 0.6 is 27.5 Å². The summed E-state index contributed by atoms with van der Waals surface area (Å²) in [5, 5.41) is 5.01. The molecule has 1 heterocycles. The molecule has 2 nitrogen and oxygen atoms in total. The average Bonchev–Trinajstić information content (AvgIpc) is 2.60. The Hall–Kier alpha value is -0.800. The van der Waals surface area contributed by atoms with Gasteiger partial charge >= 0.3 is 0 Å². The molecule has 0 aliphatic heterocycles. The van der Waals surface area contributed by atoms with Crippen LogP contribution in [0.3, 0.4) is 0 Å². The van der Waals surface area contributed by atoms with Crippen molar-refractivity contribution in [1.82, 2.24) is 9.78 Å². The van der Waals surface area contributed by atoms with Crippen molar-refractivity contribution < 1.29 is 0 Å². The minimum atomic E-state index is 0.744. The molecule has 2 rings (SSSR count). The lowest BCUT2D eigenvalue weighted by Gasteiger charge is -2.07. The zero-order chi connectivity index (χ0) is 10.8. The summed E-state index contributed by atoms with van der Waals surface area (Å²) >= 11 is 9.64. The van der Waals surface area contributed by atoms with Crippen molar-refractivity contribution in [3.63, 3.8) is 0 Å². The van der Waals surface area contributed by atoms with E-state index in [-0.39, 0.29) is 0 Å². The van der Waals surface area contributed by atoms with Crippen molar-refractivity contribution in [3.05, 3.63) is 40.0 Å². The summed E-state index contributed by atoms with van der Waals surface area (Å²) in [4.78, 5) is 0. The van der Waals surface area contributed by atoms with E-state index in [1.165, 1.54) is 0 Å². The fraction of sp³-hybridized carbons (Fsp3) is 0.182. The molecule has 2 aromatic rings. The Balaban J connectivity index is 2.63. The molecule has 1 aromatic carbocycles. The third-order valence-corrected chi connectivity index (χ3v) is 3.13. The number of aryl methyl sites for hydroxylation is 1. The second-order valence-electron chi connectivity index (χ2n) is 3.14. The van der Waals surface area contributed by atoms with Gasteiger partial charge in [-0.2, -0.15) is 5.10 Å². The van der Waals surface area contributed by atoms with Gasteiger partial charge in [0.2, 0.25) is 0 Å². The number of halogens is 2. The highest BCUT2D eigenvalue weighted by Gasteiger charge is 2.12. The van der Waals surface area contributed by atoms with Gasteiger partial charge in [0.15, 0.2) is 0 Å². The van der Waals surface area contributed by atoms with Crippen LogP contribution < -0.4 is 0 Å². The van der Waals surface area contributed by atoms with Crippen molar-refractivity contribution in [2.75, 3.05) is 0 Å².